The fourth-order valence-electron chi connectivity index (χ4n) is 3.41. The topological polar surface area (TPSA) is 3.24 Å². The lowest BCUT2D eigenvalue weighted by atomic mass is 9.80. The second-order valence-corrected chi connectivity index (χ2v) is 5.70. The van der Waals surface area contributed by atoms with Crippen LogP contribution in [0.5, 0.6) is 0 Å². The van der Waals surface area contributed by atoms with Gasteiger partial charge in [-0.2, -0.15) is 0 Å². The van der Waals surface area contributed by atoms with Crippen molar-refractivity contribution in [2.45, 2.75) is 51.5 Å². The summed E-state index contributed by atoms with van der Waals surface area (Å²) in [6.07, 6.45) is 11.1. The van der Waals surface area contributed by atoms with E-state index in [9.17, 15) is 0 Å². The van der Waals surface area contributed by atoms with E-state index in [0.29, 0.717) is 0 Å². The van der Waals surface area contributed by atoms with Crippen molar-refractivity contribution in [3.63, 3.8) is 0 Å². The lowest BCUT2D eigenvalue weighted by Crippen LogP contribution is -2.48. The van der Waals surface area contributed by atoms with Crippen molar-refractivity contribution < 1.29 is 0 Å². The Hall–Kier alpha value is -1.30. The first kappa shape index (κ1) is 15.1. The molecule has 0 heterocycles. The van der Waals surface area contributed by atoms with Gasteiger partial charge < -0.3 is 0 Å². The Morgan fingerprint density at radius 1 is 1.05 bits per heavy atom. The molecule has 0 amide bonds. The maximum atomic E-state index is 3.47. The number of likely N-dealkylation sites (N-methyl/N-ethyl adjacent to an activating group) is 1. The van der Waals surface area contributed by atoms with Crippen LogP contribution >= 0.6 is 0 Å². The predicted octanol–water partition coefficient (Wildman–Crippen LogP) is 4.90. The third kappa shape index (κ3) is 3.62. The first-order valence-corrected chi connectivity index (χ1v) is 8.04. The summed E-state index contributed by atoms with van der Waals surface area (Å²) in [4.78, 5) is 2.61. The largest absolute Gasteiger partial charge is 0.294 e. The summed E-state index contributed by atoms with van der Waals surface area (Å²) < 4.78 is 0. The number of rotatable bonds is 5. The van der Waals surface area contributed by atoms with E-state index in [4.69, 9.17) is 0 Å². The zero-order valence-electron chi connectivity index (χ0n) is 12.9. The maximum Gasteiger partial charge on any atom is 0.0464 e. The van der Waals surface area contributed by atoms with Gasteiger partial charge in [0.15, 0.2) is 0 Å². The summed E-state index contributed by atoms with van der Waals surface area (Å²) in [6.45, 7) is 6.79. The molecule has 0 atom stereocenters. The fraction of sp³-hybridized carbons (Fsp3) is 0.526. The van der Waals surface area contributed by atoms with Gasteiger partial charge in [0.05, 0.1) is 0 Å². The van der Waals surface area contributed by atoms with Gasteiger partial charge in [-0.25, -0.2) is 0 Å². The van der Waals surface area contributed by atoms with E-state index in [-0.39, 0.29) is 5.54 Å². The summed E-state index contributed by atoms with van der Waals surface area (Å²) in [5.41, 5.74) is 4.94. The highest BCUT2D eigenvalue weighted by Crippen LogP contribution is 2.34. The molecule has 0 saturated heterocycles. The van der Waals surface area contributed by atoms with Crippen LogP contribution < -0.4 is 0 Å². The number of hydrogen-bond donors (Lipinski definition) is 0. The molecule has 1 aromatic rings. The Morgan fingerprint density at radius 3 is 2.30 bits per heavy atom. The molecule has 0 unspecified atom stereocenters. The van der Waals surface area contributed by atoms with Crippen LogP contribution in [0.15, 0.2) is 42.1 Å². The molecule has 1 nitrogen and oxygen atoms in total. The minimum atomic E-state index is 0.243. The molecule has 1 saturated carbocycles. The van der Waals surface area contributed by atoms with Gasteiger partial charge in [0.2, 0.25) is 0 Å². The van der Waals surface area contributed by atoms with Crippen molar-refractivity contribution in [2.75, 3.05) is 13.1 Å². The van der Waals surface area contributed by atoms with Crippen molar-refractivity contribution in [3.8, 4) is 0 Å². The number of hydrogen-bond acceptors (Lipinski definition) is 1. The predicted molar refractivity (Wildman–Crippen MR) is 87.7 cm³/mol. The Kier molecular flexibility index (Phi) is 5.64. The van der Waals surface area contributed by atoms with Crippen molar-refractivity contribution in [2.24, 2.45) is 0 Å². The summed E-state index contributed by atoms with van der Waals surface area (Å²) in [5, 5.41) is 0. The molecule has 1 aromatic carbocycles. The summed E-state index contributed by atoms with van der Waals surface area (Å²) in [5.74, 6) is 0. The summed E-state index contributed by atoms with van der Waals surface area (Å²) >= 11 is 0. The Labute approximate surface area is 124 Å². The molecule has 1 heteroatoms. The molecule has 1 aliphatic rings. The van der Waals surface area contributed by atoms with E-state index in [1.165, 1.54) is 37.7 Å². The first-order valence-electron chi connectivity index (χ1n) is 8.04. The summed E-state index contributed by atoms with van der Waals surface area (Å²) in [7, 11) is 0. The number of nitrogens with zero attached hydrogens (tertiary/aromatic N) is 1. The smallest absolute Gasteiger partial charge is 0.0464 e. The summed E-state index contributed by atoms with van der Waals surface area (Å²) in [6, 6.07) is 10.5. The van der Waals surface area contributed by atoms with Crippen LogP contribution in [-0.4, -0.2) is 23.5 Å². The standard InChI is InChI=1S/C19H27N/c1-3-20(4-2)19(15-9-6-10-16-19)17-11-14-18-12-7-5-8-13-18/h5,7-8,12-14,17H,3-4,6,9-10,15-16H2,1-2H3. The van der Waals surface area contributed by atoms with Crippen LogP contribution in [0.25, 0.3) is 6.08 Å². The molecule has 0 bridgehead atoms. The molecule has 20 heavy (non-hydrogen) atoms. The van der Waals surface area contributed by atoms with E-state index in [2.05, 4.69) is 67.0 Å². The molecule has 0 aliphatic heterocycles. The highest BCUT2D eigenvalue weighted by molar-refractivity contribution is 5.48. The molecule has 1 fully saturated rings. The van der Waals surface area contributed by atoms with Crippen molar-refractivity contribution in [3.05, 3.63) is 47.7 Å². The molecule has 0 N–H and O–H groups in total. The van der Waals surface area contributed by atoms with E-state index in [0.717, 1.165) is 13.1 Å². The molecule has 0 spiro atoms. The highest BCUT2D eigenvalue weighted by atomic mass is 15.2. The average molecular weight is 269 g/mol. The molecule has 1 aliphatic carbocycles. The molecule has 108 valence electrons. The lowest BCUT2D eigenvalue weighted by Gasteiger charge is -2.43. The monoisotopic (exact) mass is 269 g/mol. The fourth-order valence-corrected chi connectivity index (χ4v) is 3.41. The SMILES string of the molecule is CCN(CC)C1(C=C=Cc2ccccc2)CCCCC1. The van der Waals surface area contributed by atoms with Gasteiger partial charge in [0.1, 0.15) is 0 Å². The molecular weight excluding hydrogens is 242 g/mol. The quantitative estimate of drug-likeness (QED) is 0.687. The van der Waals surface area contributed by atoms with Gasteiger partial charge in [0.25, 0.3) is 0 Å². The second-order valence-electron chi connectivity index (χ2n) is 5.70. The van der Waals surface area contributed by atoms with Crippen LogP contribution in [-0.2, 0) is 0 Å². The first-order chi connectivity index (χ1) is 9.80. The minimum Gasteiger partial charge on any atom is -0.294 e. The van der Waals surface area contributed by atoms with E-state index < -0.39 is 0 Å². The Morgan fingerprint density at radius 2 is 1.70 bits per heavy atom. The van der Waals surface area contributed by atoms with Crippen LogP contribution in [0.1, 0.15) is 51.5 Å². The van der Waals surface area contributed by atoms with Crippen LogP contribution in [0.3, 0.4) is 0 Å². The lowest BCUT2D eigenvalue weighted by molar-refractivity contribution is 0.103. The van der Waals surface area contributed by atoms with Crippen molar-refractivity contribution in [1.29, 1.82) is 0 Å². The third-order valence-electron chi connectivity index (χ3n) is 4.51. The maximum absolute atomic E-state index is 3.47. The number of benzene rings is 1. The molecular formula is C19H27N. The minimum absolute atomic E-state index is 0.243. The van der Waals surface area contributed by atoms with Crippen LogP contribution in [0, 0.1) is 0 Å². The van der Waals surface area contributed by atoms with E-state index in [1.54, 1.807) is 0 Å². The zero-order chi connectivity index (χ0) is 14.3. The van der Waals surface area contributed by atoms with Gasteiger partial charge in [-0.1, -0.05) is 63.4 Å². The van der Waals surface area contributed by atoms with E-state index >= 15 is 0 Å². The molecule has 0 radical (unpaired) electrons. The Bertz CT molecular complexity index is 444. The van der Waals surface area contributed by atoms with Gasteiger partial charge in [0, 0.05) is 5.54 Å². The second kappa shape index (κ2) is 7.47. The van der Waals surface area contributed by atoms with Crippen molar-refractivity contribution >= 4 is 6.08 Å². The van der Waals surface area contributed by atoms with Gasteiger partial charge >= 0.3 is 0 Å². The van der Waals surface area contributed by atoms with Crippen LogP contribution in [0.2, 0.25) is 0 Å². The third-order valence-corrected chi connectivity index (χ3v) is 4.51. The molecule has 2 rings (SSSR count). The zero-order valence-corrected chi connectivity index (χ0v) is 12.9. The van der Waals surface area contributed by atoms with Gasteiger partial charge in [-0.3, -0.25) is 4.90 Å². The Balaban J connectivity index is 2.21. The van der Waals surface area contributed by atoms with Crippen LogP contribution in [0.4, 0.5) is 0 Å². The van der Waals surface area contributed by atoms with Gasteiger partial charge in [-0.15, -0.1) is 5.73 Å². The molecule has 0 aromatic heterocycles. The van der Waals surface area contributed by atoms with E-state index in [1.807, 2.05) is 0 Å². The van der Waals surface area contributed by atoms with Crippen molar-refractivity contribution in [1.82, 2.24) is 4.90 Å². The van der Waals surface area contributed by atoms with Gasteiger partial charge in [-0.05, 0) is 43.6 Å². The highest BCUT2D eigenvalue weighted by Gasteiger charge is 2.33. The normalized spacial score (nSPS) is 17.6. The average Bonchev–Trinajstić information content (AvgIpc) is 2.50.